The molecule has 1 atom stereocenters. The maximum absolute atomic E-state index is 13.7. The summed E-state index contributed by atoms with van der Waals surface area (Å²) < 4.78 is 0.954. The zero-order valence-corrected chi connectivity index (χ0v) is 21.8. The van der Waals surface area contributed by atoms with Gasteiger partial charge in [0, 0.05) is 0 Å². The van der Waals surface area contributed by atoms with Gasteiger partial charge in [-0.05, 0) is 49.9 Å². The summed E-state index contributed by atoms with van der Waals surface area (Å²) >= 11 is 2.66. The number of aromatic nitrogens is 2. The van der Waals surface area contributed by atoms with Crippen LogP contribution >= 0.6 is 22.7 Å². The normalized spacial score (nSPS) is 16.2. The van der Waals surface area contributed by atoms with Crippen LogP contribution in [-0.4, -0.2) is 26.8 Å². The second kappa shape index (κ2) is 8.70. The fourth-order valence-electron chi connectivity index (χ4n) is 4.45. The van der Waals surface area contributed by atoms with Crippen molar-refractivity contribution in [2.75, 3.05) is 4.90 Å². The van der Waals surface area contributed by atoms with Gasteiger partial charge < -0.3 is 5.11 Å². The first-order valence-corrected chi connectivity index (χ1v) is 13.0. The molecule has 1 unspecified atom stereocenters. The van der Waals surface area contributed by atoms with E-state index in [1.807, 2.05) is 50.2 Å². The van der Waals surface area contributed by atoms with E-state index < -0.39 is 17.7 Å². The summed E-state index contributed by atoms with van der Waals surface area (Å²) in [6, 6.07) is 13.0. The number of Topliss-reactive ketones (excluding diaryl/α,β-unsaturated/α-hetero) is 1. The highest BCUT2D eigenvalue weighted by atomic mass is 32.1. The molecule has 0 saturated heterocycles. The number of nitrogens with zero attached hydrogens (tertiary/aromatic N) is 3. The summed E-state index contributed by atoms with van der Waals surface area (Å²) in [5, 5.41) is 12.2. The molecule has 0 bridgehead atoms. The van der Waals surface area contributed by atoms with E-state index in [9.17, 15) is 14.7 Å². The highest BCUT2D eigenvalue weighted by molar-refractivity contribution is 7.22. The summed E-state index contributed by atoms with van der Waals surface area (Å²) in [6.45, 7) is 9.81. The molecular weight excluding hydrogens is 478 g/mol. The van der Waals surface area contributed by atoms with Gasteiger partial charge in [-0.15, -0.1) is 11.3 Å². The number of amides is 1. The van der Waals surface area contributed by atoms with Gasteiger partial charge in [0.1, 0.15) is 0 Å². The minimum absolute atomic E-state index is 0.0643. The largest absolute Gasteiger partial charge is 0.503 e. The molecule has 35 heavy (non-hydrogen) atoms. The standard InChI is InChI=1S/C27H25N3O3S2/c1-13(2)17-9-10-19-20(12-17)35-27(29-19)30-22(18-8-6-7-14(3)11-18)21(24(32)26(30)33)23(31)25-15(4)28-16(5)34-25/h6-13,22,32H,1-5H3. The Hall–Kier alpha value is -3.36. The number of anilines is 1. The smallest absolute Gasteiger partial charge is 0.296 e. The lowest BCUT2D eigenvalue weighted by atomic mass is 9.94. The van der Waals surface area contributed by atoms with Crippen molar-refractivity contribution in [1.82, 2.24) is 9.97 Å². The topological polar surface area (TPSA) is 83.4 Å². The van der Waals surface area contributed by atoms with Crippen LogP contribution in [0.25, 0.3) is 10.2 Å². The highest BCUT2D eigenvalue weighted by Gasteiger charge is 2.46. The Morgan fingerprint density at radius 2 is 1.83 bits per heavy atom. The molecule has 8 heteroatoms. The van der Waals surface area contributed by atoms with E-state index in [1.54, 1.807) is 6.92 Å². The number of hydrogen-bond donors (Lipinski definition) is 1. The van der Waals surface area contributed by atoms with Gasteiger partial charge in [0.05, 0.1) is 37.4 Å². The molecule has 0 fully saturated rings. The van der Waals surface area contributed by atoms with Crippen molar-refractivity contribution in [2.24, 2.45) is 0 Å². The van der Waals surface area contributed by atoms with Gasteiger partial charge in [-0.1, -0.05) is 61.1 Å². The third kappa shape index (κ3) is 3.96. The molecule has 0 aliphatic carbocycles. The van der Waals surface area contributed by atoms with E-state index in [0.29, 0.717) is 21.6 Å². The molecule has 1 aliphatic rings. The van der Waals surface area contributed by atoms with Crippen LogP contribution in [0.3, 0.4) is 0 Å². The molecule has 1 amide bonds. The Morgan fingerprint density at radius 1 is 1.06 bits per heavy atom. The zero-order valence-electron chi connectivity index (χ0n) is 20.1. The second-order valence-corrected chi connectivity index (χ2v) is 11.3. The van der Waals surface area contributed by atoms with Crippen LogP contribution in [0.2, 0.25) is 0 Å². The molecule has 1 aliphatic heterocycles. The number of hydrogen-bond acceptors (Lipinski definition) is 7. The minimum Gasteiger partial charge on any atom is -0.503 e. The van der Waals surface area contributed by atoms with Crippen molar-refractivity contribution in [2.45, 2.75) is 46.6 Å². The molecule has 0 radical (unpaired) electrons. The van der Waals surface area contributed by atoms with Gasteiger partial charge >= 0.3 is 0 Å². The van der Waals surface area contributed by atoms with E-state index in [4.69, 9.17) is 4.98 Å². The predicted molar refractivity (Wildman–Crippen MR) is 141 cm³/mol. The van der Waals surface area contributed by atoms with Crippen molar-refractivity contribution in [3.63, 3.8) is 0 Å². The first-order chi connectivity index (χ1) is 16.7. The second-order valence-electron chi connectivity index (χ2n) is 9.11. The van der Waals surface area contributed by atoms with Gasteiger partial charge in [-0.25, -0.2) is 9.97 Å². The van der Waals surface area contributed by atoms with Gasteiger partial charge in [-0.3, -0.25) is 14.5 Å². The lowest BCUT2D eigenvalue weighted by Crippen LogP contribution is -2.31. The Morgan fingerprint density at radius 3 is 2.49 bits per heavy atom. The summed E-state index contributed by atoms with van der Waals surface area (Å²) in [6.07, 6.45) is 0. The molecule has 2 aromatic heterocycles. The molecule has 1 N–H and O–H groups in total. The molecule has 0 saturated carbocycles. The van der Waals surface area contributed by atoms with Gasteiger partial charge in [-0.2, -0.15) is 0 Å². The molecule has 5 rings (SSSR count). The Balaban J connectivity index is 1.68. The van der Waals surface area contributed by atoms with Gasteiger partial charge in [0.25, 0.3) is 5.91 Å². The summed E-state index contributed by atoms with van der Waals surface area (Å²) in [4.78, 5) is 38.2. The van der Waals surface area contributed by atoms with Crippen molar-refractivity contribution < 1.29 is 14.7 Å². The first-order valence-electron chi connectivity index (χ1n) is 11.4. The van der Waals surface area contributed by atoms with Crippen LogP contribution in [0.15, 0.2) is 53.8 Å². The molecule has 0 spiro atoms. The van der Waals surface area contributed by atoms with Crippen LogP contribution < -0.4 is 4.90 Å². The zero-order chi connectivity index (χ0) is 25.0. The average molecular weight is 504 g/mol. The maximum Gasteiger partial charge on any atom is 0.296 e. The number of aliphatic hydroxyl groups is 1. The molecule has 3 heterocycles. The lowest BCUT2D eigenvalue weighted by Gasteiger charge is -2.24. The number of rotatable bonds is 5. The number of aryl methyl sites for hydroxylation is 3. The van der Waals surface area contributed by atoms with E-state index in [-0.39, 0.29) is 11.4 Å². The number of fused-ring (bicyclic) bond motifs is 1. The Kier molecular flexibility index (Phi) is 5.81. The predicted octanol–water partition coefficient (Wildman–Crippen LogP) is 6.58. The molecule has 178 valence electrons. The number of carbonyl (C=O) groups is 2. The first kappa shape index (κ1) is 23.4. The van der Waals surface area contributed by atoms with Crippen molar-refractivity contribution in [1.29, 1.82) is 0 Å². The number of aliphatic hydroxyl groups excluding tert-OH is 1. The van der Waals surface area contributed by atoms with Crippen molar-refractivity contribution in [3.05, 3.63) is 86.1 Å². The number of thiazole rings is 2. The van der Waals surface area contributed by atoms with Crippen molar-refractivity contribution >= 4 is 49.7 Å². The summed E-state index contributed by atoms with van der Waals surface area (Å²) in [5.41, 5.74) is 4.35. The Labute approximate surface area is 211 Å². The van der Waals surface area contributed by atoms with E-state index in [0.717, 1.165) is 26.4 Å². The van der Waals surface area contributed by atoms with Crippen LogP contribution in [0.4, 0.5) is 5.13 Å². The fourth-order valence-corrected chi connectivity index (χ4v) is 6.36. The average Bonchev–Trinajstić information content (AvgIpc) is 3.46. The quantitative estimate of drug-likeness (QED) is 0.311. The number of ketones is 1. The monoisotopic (exact) mass is 503 g/mol. The fraction of sp³-hybridized carbons (Fsp3) is 0.259. The molecule has 2 aromatic carbocycles. The van der Waals surface area contributed by atoms with Crippen LogP contribution in [0.5, 0.6) is 0 Å². The maximum atomic E-state index is 13.7. The van der Waals surface area contributed by atoms with E-state index in [2.05, 4.69) is 24.9 Å². The van der Waals surface area contributed by atoms with E-state index in [1.165, 1.54) is 33.1 Å². The molecular formula is C27H25N3O3S2. The van der Waals surface area contributed by atoms with Crippen LogP contribution in [0, 0.1) is 20.8 Å². The van der Waals surface area contributed by atoms with Crippen LogP contribution in [0.1, 0.15) is 62.9 Å². The van der Waals surface area contributed by atoms with Gasteiger partial charge in [0.15, 0.2) is 10.9 Å². The van der Waals surface area contributed by atoms with Crippen LogP contribution in [-0.2, 0) is 4.79 Å². The summed E-state index contributed by atoms with van der Waals surface area (Å²) in [5.74, 6) is -1.17. The van der Waals surface area contributed by atoms with Crippen molar-refractivity contribution in [3.8, 4) is 0 Å². The summed E-state index contributed by atoms with van der Waals surface area (Å²) in [7, 11) is 0. The molecule has 6 nitrogen and oxygen atoms in total. The number of carbonyl (C=O) groups excluding carboxylic acids is 2. The minimum atomic E-state index is -0.790. The highest BCUT2D eigenvalue weighted by Crippen LogP contribution is 2.45. The lowest BCUT2D eigenvalue weighted by molar-refractivity contribution is -0.117. The SMILES string of the molecule is Cc1cccc(C2C(C(=O)c3sc(C)nc3C)=C(O)C(=O)N2c2nc3ccc(C(C)C)cc3s2)c1. The molecule has 4 aromatic rings. The third-order valence-electron chi connectivity index (χ3n) is 6.19. The number of benzene rings is 2. The Bertz CT molecular complexity index is 1530. The van der Waals surface area contributed by atoms with Gasteiger partial charge in [0.2, 0.25) is 5.78 Å². The third-order valence-corrected chi connectivity index (χ3v) is 8.28. The van der Waals surface area contributed by atoms with E-state index >= 15 is 0 Å².